The summed E-state index contributed by atoms with van der Waals surface area (Å²) in [5.74, 6) is -1.14. The van der Waals surface area contributed by atoms with Gasteiger partial charge in [-0.3, -0.25) is 4.79 Å². The molecule has 7 nitrogen and oxygen atoms in total. The fourth-order valence-electron chi connectivity index (χ4n) is 4.61. The molecule has 0 aliphatic heterocycles. The van der Waals surface area contributed by atoms with Gasteiger partial charge in [0.1, 0.15) is 5.75 Å². The Morgan fingerprint density at radius 3 is 2.00 bits per heavy atom. The van der Waals surface area contributed by atoms with E-state index in [2.05, 4.69) is 48.0 Å². The Hall–Kier alpha value is -4.21. The number of alkyl halides is 3. The zero-order valence-electron chi connectivity index (χ0n) is 23.5. The van der Waals surface area contributed by atoms with Gasteiger partial charge in [0.05, 0.1) is 17.8 Å². The van der Waals surface area contributed by atoms with Crippen LogP contribution in [0.3, 0.4) is 0 Å². The molecule has 0 bridgehead atoms. The summed E-state index contributed by atoms with van der Waals surface area (Å²) in [6.07, 6.45) is -4.95. The number of amides is 2. The first kappa shape index (κ1) is 31.3. The minimum Gasteiger partial charge on any atom is -0.481 e. The van der Waals surface area contributed by atoms with E-state index in [1.807, 2.05) is 42.5 Å². The molecule has 3 aromatic carbocycles. The van der Waals surface area contributed by atoms with E-state index in [1.54, 1.807) is 6.07 Å². The van der Waals surface area contributed by atoms with Crippen LogP contribution in [0.2, 0.25) is 0 Å². The maximum absolute atomic E-state index is 13.1. The molecule has 2 amide bonds. The van der Waals surface area contributed by atoms with Crippen molar-refractivity contribution in [3.63, 3.8) is 0 Å². The molecule has 1 atom stereocenters. The summed E-state index contributed by atoms with van der Waals surface area (Å²) in [7, 11) is 0. The molecule has 1 unspecified atom stereocenters. The van der Waals surface area contributed by atoms with E-state index in [0.29, 0.717) is 17.5 Å². The Bertz CT molecular complexity index is 1290. The van der Waals surface area contributed by atoms with E-state index in [0.717, 1.165) is 42.0 Å². The topological polar surface area (TPSA) is 90.9 Å². The molecule has 3 aromatic rings. The number of carbonyl (C=O) groups is 2. The summed E-state index contributed by atoms with van der Waals surface area (Å²) < 4.78 is 41.3. The molecular weight excluding hydrogens is 535 g/mol. The normalized spacial score (nSPS) is 12.2. The molecule has 3 N–H and O–H groups in total. The SMILES string of the molecule is CC(C)CN(CC(C)C)c1ccc(C(CC(=O)O)c2ccccc2)cc1NC(=O)Nc1ccc(OC(F)(F)F)cc1. The lowest BCUT2D eigenvalue weighted by atomic mass is 9.88. The number of benzene rings is 3. The molecule has 0 aliphatic rings. The summed E-state index contributed by atoms with van der Waals surface area (Å²) in [5.41, 5.74) is 3.09. The number of hydrogen-bond donors (Lipinski definition) is 3. The number of nitrogens with zero attached hydrogens (tertiary/aromatic N) is 1. The van der Waals surface area contributed by atoms with Crippen molar-refractivity contribution in [2.75, 3.05) is 28.6 Å². The minimum atomic E-state index is -4.82. The van der Waals surface area contributed by atoms with Crippen LogP contribution in [0, 0.1) is 11.8 Å². The number of rotatable bonds is 12. The van der Waals surface area contributed by atoms with Crippen LogP contribution in [-0.4, -0.2) is 36.6 Å². The third-order valence-electron chi connectivity index (χ3n) is 6.11. The number of hydrogen-bond acceptors (Lipinski definition) is 4. The highest BCUT2D eigenvalue weighted by molar-refractivity contribution is 6.02. The molecule has 0 saturated heterocycles. The molecule has 0 radical (unpaired) electrons. The quantitative estimate of drug-likeness (QED) is 0.205. The second kappa shape index (κ2) is 13.9. The highest BCUT2D eigenvalue weighted by Crippen LogP contribution is 2.35. The van der Waals surface area contributed by atoms with Gasteiger partial charge in [-0.15, -0.1) is 13.2 Å². The number of anilines is 3. The minimum absolute atomic E-state index is 0.136. The Labute approximate surface area is 238 Å². The maximum Gasteiger partial charge on any atom is 0.573 e. The smallest absolute Gasteiger partial charge is 0.481 e. The first-order valence-electron chi connectivity index (χ1n) is 13.4. The third-order valence-corrected chi connectivity index (χ3v) is 6.11. The summed E-state index contributed by atoms with van der Waals surface area (Å²) in [6.45, 7) is 9.87. The number of ether oxygens (including phenoxy) is 1. The predicted molar refractivity (Wildman–Crippen MR) is 155 cm³/mol. The molecular formula is C31H36F3N3O4. The maximum atomic E-state index is 13.1. The molecule has 0 heterocycles. The van der Waals surface area contributed by atoms with E-state index in [-0.39, 0.29) is 12.1 Å². The van der Waals surface area contributed by atoms with Gasteiger partial charge in [0.2, 0.25) is 0 Å². The van der Waals surface area contributed by atoms with E-state index in [1.165, 1.54) is 12.1 Å². The lowest BCUT2D eigenvalue weighted by Gasteiger charge is -2.31. The zero-order valence-corrected chi connectivity index (χ0v) is 23.5. The molecule has 0 fully saturated rings. The standard InChI is InChI=1S/C31H36F3N3O4/c1-20(2)18-37(19-21(3)4)28-15-10-23(26(17-29(38)39)22-8-6-5-7-9-22)16-27(28)36-30(40)35-24-11-13-25(14-12-24)41-31(32,33)34/h5-16,20-21,26H,17-19H2,1-4H3,(H,38,39)(H2,35,36,40). The van der Waals surface area contributed by atoms with Crippen LogP contribution in [0.15, 0.2) is 72.8 Å². The van der Waals surface area contributed by atoms with Gasteiger partial charge >= 0.3 is 18.4 Å². The fourth-order valence-corrected chi connectivity index (χ4v) is 4.61. The second-order valence-corrected chi connectivity index (χ2v) is 10.7. The van der Waals surface area contributed by atoms with E-state index < -0.39 is 30.0 Å². The van der Waals surface area contributed by atoms with Crippen molar-refractivity contribution in [2.45, 2.75) is 46.4 Å². The number of urea groups is 1. The average molecular weight is 572 g/mol. The van der Waals surface area contributed by atoms with Crippen molar-refractivity contribution in [3.05, 3.63) is 83.9 Å². The average Bonchev–Trinajstić information content (AvgIpc) is 2.87. The van der Waals surface area contributed by atoms with Gasteiger partial charge in [-0.25, -0.2) is 4.79 Å². The lowest BCUT2D eigenvalue weighted by Crippen LogP contribution is -2.32. The monoisotopic (exact) mass is 571 g/mol. The number of carboxylic acids is 1. The third kappa shape index (κ3) is 10.0. The summed E-state index contributed by atoms with van der Waals surface area (Å²) in [4.78, 5) is 27.1. The number of carbonyl (C=O) groups excluding carboxylic acids is 1. The van der Waals surface area contributed by atoms with E-state index in [4.69, 9.17) is 0 Å². The van der Waals surface area contributed by atoms with Gasteiger partial charge in [0, 0.05) is 24.7 Å². The van der Waals surface area contributed by atoms with Crippen LogP contribution >= 0.6 is 0 Å². The highest BCUT2D eigenvalue weighted by atomic mass is 19.4. The molecule has 41 heavy (non-hydrogen) atoms. The van der Waals surface area contributed by atoms with Gasteiger partial charge < -0.3 is 25.4 Å². The van der Waals surface area contributed by atoms with Crippen molar-refractivity contribution in [1.29, 1.82) is 0 Å². The first-order chi connectivity index (χ1) is 19.3. The number of halogens is 3. The van der Waals surface area contributed by atoms with Crippen LogP contribution < -0.4 is 20.3 Å². The Morgan fingerprint density at radius 2 is 1.46 bits per heavy atom. The predicted octanol–water partition coefficient (Wildman–Crippen LogP) is 7.95. The number of nitrogens with one attached hydrogen (secondary N) is 2. The molecule has 0 saturated carbocycles. The number of carboxylic acid groups (broad SMARTS) is 1. The summed E-state index contributed by atoms with van der Waals surface area (Å²) in [6, 6.07) is 19.1. The van der Waals surface area contributed by atoms with Crippen LogP contribution in [0.5, 0.6) is 5.75 Å². The van der Waals surface area contributed by atoms with Crippen LogP contribution in [0.4, 0.5) is 35.0 Å². The van der Waals surface area contributed by atoms with Crippen molar-refractivity contribution in [3.8, 4) is 5.75 Å². The van der Waals surface area contributed by atoms with Gasteiger partial charge in [-0.1, -0.05) is 64.1 Å². The van der Waals surface area contributed by atoms with Crippen molar-refractivity contribution in [2.24, 2.45) is 11.8 Å². The van der Waals surface area contributed by atoms with E-state index in [9.17, 15) is 27.9 Å². The molecule has 10 heteroatoms. The molecule has 0 aromatic heterocycles. The van der Waals surface area contributed by atoms with Gasteiger partial charge in [0.15, 0.2) is 0 Å². The van der Waals surface area contributed by atoms with Gasteiger partial charge in [0.25, 0.3) is 0 Å². The van der Waals surface area contributed by atoms with Crippen LogP contribution in [0.25, 0.3) is 0 Å². The van der Waals surface area contributed by atoms with Crippen molar-refractivity contribution < 1.29 is 32.6 Å². The summed E-state index contributed by atoms with van der Waals surface area (Å²) in [5, 5.41) is 15.2. The second-order valence-electron chi connectivity index (χ2n) is 10.7. The molecule has 0 spiro atoms. The fraction of sp³-hybridized carbons (Fsp3) is 0.355. The first-order valence-corrected chi connectivity index (χ1v) is 13.4. The van der Waals surface area contributed by atoms with Crippen LogP contribution in [-0.2, 0) is 4.79 Å². The van der Waals surface area contributed by atoms with Crippen LogP contribution in [0.1, 0.15) is 51.2 Å². The van der Waals surface area contributed by atoms with Gasteiger partial charge in [-0.05, 0) is 59.4 Å². The molecule has 0 aliphatic carbocycles. The number of aliphatic carboxylic acids is 1. The lowest BCUT2D eigenvalue weighted by molar-refractivity contribution is -0.274. The molecule has 220 valence electrons. The van der Waals surface area contributed by atoms with Gasteiger partial charge in [-0.2, -0.15) is 0 Å². The molecule has 3 rings (SSSR count). The Kier molecular flexibility index (Phi) is 10.6. The highest BCUT2D eigenvalue weighted by Gasteiger charge is 2.31. The summed E-state index contributed by atoms with van der Waals surface area (Å²) >= 11 is 0. The Balaban J connectivity index is 1.97. The van der Waals surface area contributed by atoms with E-state index >= 15 is 0 Å². The zero-order chi connectivity index (χ0) is 30.2. The largest absolute Gasteiger partial charge is 0.573 e. The Morgan fingerprint density at radius 1 is 0.854 bits per heavy atom. The van der Waals surface area contributed by atoms with Crippen molar-refractivity contribution in [1.82, 2.24) is 0 Å². The van der Waals surface area contributed by atoms with Crippen molar-refractivity contribution >= 4 is 29.1 Å².